The molecule has 1 fully saturated rings. The molecule has 7 heteroatoms. The van der Waals surface area contributed by atoms with Crippen molar-refractivity contribution in [3.8, 4) is 28.3 Å². The van der Waals surface area contributed by atoms with E-state index in [1.165, 1.54) is 0 Å². The summed E-state index contributed by atoms with van der Waals surface area (Å²) in [4.78, 5) is 26.6. The van der Waals surface area contributed by atoms with E-state index >= 15 is 0 Å². The minimum absolute atomic E-state index is 0.0766. The van der Waals surface area contributed by atoms with Crippen LogP contribution in [0.4, 0.5) is 5.82 Å². The Bertz CT molecular complexity index is 1290. The second-order valence-corrected chi connectivity index (χ2v) is 8.78. The maximum Gasteiger partial charge on any atom is 0.245 e. The van der Waals surface area contributed by atoms with E-state index in [2.05, 4.69) is 9.88 Å². The molecule has 7 nitrogen and oxygen atoms in total. The molecule has 35 heavy (non-hydrogen) atoms. The van der Waals surface area contributed by atoms with E-state index < -0.39 is 0 Å². The SMILES string of the molecule is CN(CCc1ccccn1)C(=O)[C@@H]1CCCN1c1cc(-c2ccco2)cc(-c2ccccc2O)n1. The van der Waals surface area contributed by atoms with Crippen LogP contribution in [0, 0.1) is 0 Å². The van der Waals surface area contributed by atoms with E-state index in [0.717, 1.165) is 30.6 Å². The number of hydrogen-bond donors (Lipinski definition) is 1. The largest absolute Gasteiger partial charge is 0.507 e. The molecule has 5 rings (SSSR count). The maximum absolute atomic E-state index is 13.5. The number of amides is 1. The molecule has 1 saturated heterocycles. The quantitative estimate of drug-likeness (QED) is 0.420. The Morgan fingerprint density at radius 3 is 2.77 bits per heavy atom. The summed E-state index contributed by atoms with van der Waals surface area (Å²) in [5.41, 5.74) is 3.08. The molecule has 4 heterocycles. The third-order valence-electron chi connectivity index (χ3n) is 6.44. The maximum atomic E-state index is 13.5. The molecular weight excluding hydrogens is 440 g/mol. The van der Waals surface area contributed by atoms with Gasteiger partial charge in [0, 0.05) is 49.6 Å². The normalized spacial score (nSPS) is 15.3. The number of aromatic nitrogens is 2. The number of anilines is 1. The third-order valence-corrected chi connectivity index (χ3v) is 6.44. The highest BCUT2D eigenvalue weighted by molar-refractivity contribution is 5.86. The van der Waals surface area contributed by atoms with Crippen molar-refractivity contribution in [2.75, 3.05) is 25.0 Å². The smallest absolute Gasteiger partial charge is 0.245 e. The molecule has 4 aromatic rings. The number of nitrogens with zero attached hydrogens (tertiary/aromatic N) is 4. The van der Waals surface area contributed by atoms with Crippen LogP contribution in [0.3, 0.4) is 0 Å². The molecule has 0 spiro atoms. The number of hydrogen-bond acceptors (Lipinski definition) is 6. The lowest BCUT2D eigenvalue weighted by Crippen LogP contribution is -2.45. The Morgan fingerprint density at radius 1 is 1.14 bits per heavy atom. The summed E-state index contributed by atoms with van der Waals surface area (Å²) in [5.74, 6) is 1.64. The van der Waals surface area contributed by atoms with Crippen LogP contribution in [-0.2, 0) is 11.2 Å². The van der Waals surface area contributed by atoms with E-state index in [4.69, 9.17) is 9.40 Å². The molecular formula is C28H28N4O3. The van der Waals surface area contributed by atoms with Crippen molar-refractivity contribution in [2.45, 2.75) is 25.3 Å². The van der Waals surface area contributed by atoms with E-state index in [1.54, 1.807) is 29.5 Å². The van der Waals surface area contributed by atoms with Gasteiger partial charge in [-0.15, -0.1) is 0 Å². The molecule has 3 aromatic heterocycles. The number of benzene rings is 1. The van der Waals surface area contributed by atoms with Crippen LogP contribution in [0.15, 0.2) is 83.6 Å². The van der Waals surface area contributed by atoms with Gasteiger partial charge in [0.15, 0.2) is 0 Å². The van der Waals surface area contributed by atoms with E-state index in [0.29, 0.717) is 35.8 Å². The second kappa shape index (κ2) is 10.0. The van der Waals surface area contributed by atoms with Gasteiger partial charge in [-0.25, -0.2) is 4.98 Å². The van der Waals surface area contributed by atoms with Crippen LogP contribution >= 0.6 is 0 Å². The number of aromatic hydroxyl groups is 1. The van der Waals surface area contributed by atoms with Crippen molar-refractivity contribution in [1.82, 2.24) is 14.9 Å². The molecule has 178 valence electrons. The number of carbonyl (C=O) groups excluding carboxylic acids is 1. The van der Waals surface area contributed by atoms with Crippen molar-refractivity contribution in [1.29, 1.82) is 0 Å². The highest BCUT2D eigenvalue weighted by Gasteiger charge is 2.34. The summed E-state index contributed by atoms with van der Waals surface area (Å²) < 4.78 is 5.65. The lowest BCUT2D eigenvalue weighted by Gasteiger charge is -2.29. The minimum atomic E-state index is -0.291. The first kappa shape index (κ1) is 22.7. The molecule has 1 atom stereocenters. The van der Waals surface area contributed by atoms with Gasteiger partial charge in [-0.05, 0) is 61.4 Å². The van der Waals surface area contributed by atoms with E-state index in [-0.39, 0.29) is 17.7 Å². The average Bonchev–Trinajstić information content (AvgIpc) is 3.60. The van der Waals surface area contributed by atoms with Gasteiger partial charge in [0.05, 0.1) is 12.0 Å². The fourth-order valence-corrected chi connectivity index (χ4v) is 4.57. The van der Waals surface area contributed by atoms with Crippen LogP contribution in [-0.4, -0.2) is 52.1 Å². The lowest BCUT2D eigenvalue weighted by atomic mass is 10.1. The van der Waals surface area contributed by atoms with Crippen LogP contribution in [0.1, 0.15) is 18.5 Å². The topological polar surface area (TPSA) is 82.7 Å². The number of likely N-dealkylation sites (N-methyl/N-ethyl adjacent to an activating group) is 1. The fraction of sp³-hybridized carbons (Fsp3) is 0.250. The zero-order valence-electron chi connectivity index (χ0n) is 19.7. The number of carbonyl (C=O) groups is 1. The molecule has 0 bridgehead atoms. The van der Waals surface area contributed by atoms with Gasteiger partial charge in [-0.2, -0.15) is 0 Å². The molecule has 1 aliphatic rings. The first-order valence-corrected chi connectivity index (χ1v) is 11.9. The Balaban J connectivity index is 1.43. The third kappa shape index (κ3) is 4.89. The standard InChI is InChI=1S/C28H28N4O3/c1-31(16-13-21-8-4-5-14-29-21)28(34)24-10-6-15-32(24)27-19-20(26-12-7-17-35-26)18-23(30-27)22-9-2-3-11-25(22)33/h2-5,7-9,11-12,14,17-19,24,33H,6,10,13,15-16H2,1H3/t24-/m0/s1. The molecule has 1 aromatic carbocycles. The molecule has 1 amide bonds. The Hall–Kier alpha value is -4.13. The fourth-order valence-electron chi connectivity index (χ4n) is 4.57. The van der Waals surface area contributed by atoms with Crippen LogP contribution < -0.4 is 4.90 Å². The molecule has 0 radical (unpaired) electrons. The first-order valence-electron chi connectivity index (χ1n) is 11.9. The Kier molecular flexibility index (Phi) is 6.48. The number of furan rings is 1. The molecule has 0 saturated carbocycles. The van der Waals surface area contributed by atoms with Gasteiger partial charge in [0.2, 0.25) is 5.91 Å². The van der Waals surface area contributed by atoms with Crippen molar-refractivity contribution in [2.24, 2.45) is 0 Å². The Labute approximate surface area is 204 Å². The summed E-state index contributed by atoms with van der Waals surface area (Å²) in [7, 11) is 1.85. The van der Waals surface area contributed by atoms with Gasteiger partial charge in [-0.3, -0.25) is 9.78 Å². The van der Waals surface area contributed by atoms with Gasteiger partial charge in [0.25, 0.3) is 0 Å². The monoisotopic (exact) mass is 468 g/mol. The summed E-state index contributed by atoms with van der Waals surface area (Å²) >= 11 is 0. The summed E-state index contributed by atoms with van der Waals surface area (Å²) in [6, 6.07) is 20.3. The summed E-state index contributed by atoms with van der Waals surface area (Å²) in [6.07, 6.45) is 5.79. The van der Waals surface area contributed by atoms with Crippen molar-refractivity contribution in [3.63, 3.8) is 0 Å². The highest BCUT2D eigenvalue weighted by Crippen LogP contribution is 2.35. The summed E-state index contributed by atoms with van der Waals surface area (Å²) in [5, 5.41) is 10.5. The lowest BCUT2D eigenvalue weighted by molar-refractivity contribution is -0.131. The number of phenols is 1. The zero-order valence-corrected chi connectivity index (χ0v) is 19.7. The van der Waals surface area contributed by atoms with Gasteiger partial charge in [-0.1, -0.05) is 18.2 Å². The second-order valence-electron chi connectivity index (χ2n) is 8.78. The predicted molar refractivity (Wildman–Crippen MR) is 135 cm³/mol. The molecule has 1 aliphatic heterocycles. The molecule has 1 N–H and O–H groups in total. The number of pyridine rings is 2. The number of phenolic OH excluding ortho intramolecular Hbond substituents is 1. The predicted octanol–water partition coefficient (Wildman–Crippen LogP) is 4.78. The van der Waals surface area contributed by atoms with Crippen LogP contribution in [0.5, 0.6) is 5.75 Å². The number of rotatable bonds is 7. The van der Waals surface area contributed by atoms with Crippen molar-refractivity contribution in [3.05, 3.63) is 84.9 Å². The molecule has 0 unspecified atom stereocenters. The summed E-state index contributed by atoms with van der Waals surface area (Å²) in [6.45, 7) is 1.34. The Morgan fingerprint density at radius 2 is 2.00 bits per heavy atom. The molecule has 0 aliphatic carbocycles. The van der Waals surface area contributed by atoms with E-state index in [9.17, 15) is 9.90 Å². The van der Waals surface area contributed by atoms with E-state index in [1.807, 2.05) is 61.6 Å². The highest BCUT2D eigenvalue weighted by atomic mass is 16.3. The van der Waals surface area contributed by atoms with Crippen molar-refractivity contribution >= 4 is 11.7 Å². The van der Waals surface area contributed by atoms with Crippen LogP contribution in [0.25, 0.3) is 22.6 Å². The first-order chi connectivity index (χ1) is 17.1. The average molecular weight is 469 g/mol. The van der Waals surface area contributed by atoms with Crippen molar-refractivity contribution < 1.29 is 14.3 Å². The zero-order chi connectivity index (χ0) is 24.2. The van der Waals surface area contributed by atoms with Gasteiger partial charge >= 0.3 is 0 Å². The minimum Gasteiger partial charge on any atom is -0.507 e. The van der Waals surface area contributed by atoms with Crippen LogP contribution in [0.2, 0.25) is 0 Å². The number of para-hydroxylation sites is 1. The van der Waals surface area contributed by atoms with Gasteiger partial charge in [0.1, 0.15) is 23.4 Å². The van der Waals surface area contributed by atoms with Gasteiger partial charge < -0.3 is 19.3 Å².